The van der Waals surface area contributed by atoms with Crippen molar-refractivity contribution < 1.29 is 13.9 Å². The lowest BCUT2D eigenvalue weighted by atomic mass is 9.99. The van der Waals surface area contributed by atoms with Crippen LogP contribution in [0.2, 0.25) is 0 Å². The van der Waals surface area contributed by atoms with Crippen molar-refractivity contribution in [3.05, 3.63) is 24.0 Å². The summed E-state index contributed by atoms with van der Waals surface area (Å²) in [6, 6.07) is 4.94. The Bertz CT molecular complexity index is 558. The first kappa shape index (κ1) is 15.1. The first-order chi connectivity index (χ1) is 10.6. The molecule has 1 aromatic rings. The third-order valence-corrected chi connectivity index (χ3v) is 4.50. The number of rotatable bonds is 3. The number of hydrogen-bond donors (Lipinski definition) is 1. The van der Waals surface area contributed by atoms with E-state index in [-0.39, 0.29) is 18.5 Å². The highest BCUT2D eigenvalue weighted by Gasteiger charge is 2.32. The molecule has 6 heteroatoms. The van der Waals surface area contributed by atoms with Gasteiger partial charge in [0.05, 0.1) is 17.9 Å². The molecule has 1 aromatic carbocycles. The van der Waals surface area contributed by atoms with Gasteiger partial charge in [-0.15, -0.1) is 0 Å². The van der Waals surface area contributed by atoms with Crippen LogP contribution in [-0.4, -0.2) is 38.4 Å². The molecule has 1 amide bonds. The highest BCUT2D eigenvalue weighted by molar-refractivity contribution is 5.90. The Hall–Kier alpha value is -1.82. The number of nitrogens with two attached hydrogens (primary N) is 1. The van der Waals surface area contributed by atoms with Crippen LogP contribution in [0.5, 0.6) is 0 Å². The van der Waals surface area contributed by atoms with Crippen molar-refractivity contribution in [2.24, 2.45) is 11.7 Å². The van der Waals surface area contributed by atoms with E-state index in [1.807, 2.05) is 0 Å². The van der Waals surface area contributed by atoms with E-state index in [1.54, 1.807) is 12.1 Å². The highest BCUT2D eigenvalue weighted by Crippen LogP contribution is 2.30. The largest absolute Gasteiger partial charge is 0.443 e. The van der Waals surface area contributed by atoms with Crippen LogP contribution in [0.15, 0.2) is 18.2 Å². The lowest BCUT2D eigenvalue weighted by Gasteiger charge is -2.32. The maximum Gasteiger partial charge on any atom is 0.414 e. The molecule has 2 heterocycles. The normalized spacial score (nSPS) is 23.0. The average molecular weight is 307 g/mol. The molecule has 0 bridgehead atoms. The average Bonchev–Trinajstić information content (AvgIpc) is 2.89. The molecule has 0 aromatic heterocycles. The molecular weight excluding hydrogens is 285 g/mol. The molecule has 0 aliphatic carbocycles. The van der Waals surface area contributed by atoms with E-state index in [0.29, 0.717) is 23.8 Å². The highest BCUT2D eigenvalue weighted by atomic mass is 19.1. The molecule has 2 aliphatic rings. The van der Waals surface area contributed by atoms with Crippen molar-refractivity contribution >= 4 is 17.5 Å². The molecular formula is C16H22FN3O2. The van der Waals surface area contributed by atoms with Gasteiger partial charge in [-0.25, -0.2) is 9.18 Å². The van der Waals surface area contributed by atoms with Crippen LogP contribution in [-0.2, 0) is 4.74 Å². The molecule has 0 radical (unpaired) electrons. The maximum absolute atomic E-state index is 14.4. The van der Waals surface area contributed by atoms with Crippen LogP contribution >= 0.6 is 0 Å². The van der Waals surface area contributed by atoms with Crippen molar-refractivity contribution in [2.45, 2.75) is 25.9 Å². The summed E-state index contributed by atoms with van der Waals surface area (Å²) >= 11 is 0. The summed E-state index contributed by atoms with van der Waals surface area (Å²) in [6.07, 6.45) is 1.38. The summed E-state index contributed by atoms with van der Waals surface area (Å²) in [5.74, 6) is 0.405. The fourth-order valence-corrected chi connectivity index (χ4v) is 3.02. The zero-order chi connectivity index (χ0) is 15.7. The standard InChI is InChI=1S/C16H22FN3O2/c1-11-4-6-19(7-5-11)15-3-2-12(8-14(15)17)20-10-13(9-18)22-16(20)21/h2-3,8,11,13H,4-7,9-10,18H2,1H3/t13-/m0/s1. The number of amides is 1. The summed E-state index contributed by atoms with van der Waals surface area (Å²) < 4.78 is 19.6. The lowest BCUT2D eigenvalue weighted by molar-refractivity contribution is 0.145. The number of anilines is 2. The number of halogens is 1. The van der Waals surface area contributed by atoms with Crippen LogP contribution in [0.3, 0.4) is 0 Å². The summed E-state index contributed by atoms with van der Waals surface area (Å²) in [6.45, 7) is 4.62. The molecule has 2 saturated heterocycles. The first-order valence-corrected chi connectivity index (χ1v) is 7.81. The first-order valence-electron chi connectivity index (χ1n) is 7.81. The van der Waals surface area contributed by atoms with E-state index in [1.165, 1.54) is 11.0 Å². The van der Waals surface area contributed by atoms with Gasteiger partial charge in [0, 0.05) is 19.6 Å². The van der Waals surface area contributed by atoms with E-state index in [2.05, 4.69) is 11.8 Å². The monoisotopic (exact) mass is 307 g/mol. The number of ether oxygens (including phenoxy) is 1. The minimum Gasteiger partial charge on any atom is -0.443 e. The second-order valence-corrected chi connectivity index (χ2v) is 6.16. The lowest BCUT2D eigenvalue weighted by Crippen LogP contribution is -2.33. The molecule has 2 fully saturated rings. The third kappa shape index (κ3) is 2.88. The summed E-state index contributed by atoms with van der Waals surface area (Å²) in [5, 5.41) is 0. The third-order valence-electron chi connectivity index (χ3n) is 4.50. The Morgan fingerprint density at radius 2 is 2.09 bits per heavy atom. The summed E-state index contributed by atoms with van der Waals surface area (Å²) in [7, 11) is 0. The zero-order valence-corrected chi connectivity index (χ0v) is 12.8. The van der Waals surface area contributed by atoms with E-state index in [0.717, 1.165) is 25.9 Å². The minimum atomic E-state index is -0.464. The van der Waals surface area contributed by atoms with E-state index >= 15 is 0 Å². The zero-order valence-electron chi connectivity index (χ0n) is 12.8. The number of hydrogen-bond acceptors (Lipinski definition) is 4. The smallest absolute Gasteiger partial charge is 0.414 e. The van der Waals surface area contributed by atoms with Crippen molar-refractivity contribution in [1.82, 2.24) is 0 Å². The molecule has 3 rings (SSSR count). The Balaban J connectivity index is 1.76. The molecule has 2 aliphatic heterocycles. The van der Waals surface area contributed by atoms with Gasteiger partial charge in [-0.3, -0.25) is 4.90 Å². The minimum absolute atomic E-state index is 0.273. The second kappa shape index (κ2) is 6.12. The van der Waals surface area contributed by atoms with Crippen LogP contribution in [0.1, 0.15) is 19.8 Å². The number of carbonyl (C=O) groups excluding carboxylic acids is 1. The van der Waals surface area contributed by atoms with Crippen molar-refractivity contribution in [1.29, 1.82) is 0 Å². The number of carbonyl (C=O) groups is 1. The molecule has 5 nitrogen and oxygen atoms in total. The number of benzene rings is 1. The Morgan fingerprint density at radius 3 is 2.68 bits per heavy atom. The van der Waals surface area contributed by atoms with Crippen LogP contribution in [0.25, 0.3) is 0 Å². The van der Waals surface area contributed by atoms with E-state index < -0.39 is 6.09 Å². The van der Waals surface area contributed by atoms with Crippen LogP contribution < -0.4 is 15.5 Å². The van der Waals surface area contributed by atoms with Crippen molar-refractivity contribution in [2.75, 3.05) is 36.0 Å². The fraction of sp³-hybridized carbons (Fsp3) is 0.562. The van der Waals surface area contributed by atoms with Gasteiger partial charge in [0.2, 0.25) is 0 Å². The number of piperidine rings is 1. The number of cyclic esters (lactones) is 1. The predicted octanol–water partition coefficient (Wildman–Crippen LogP) is 2.35. The van der Waals surface area contributed by atoms with Gasteiger partial charge in [0.15, 0.2) is 0 Å². The predicted molar refractivity (Wildman–Crippen MR) is 83.7 cm³/mol. The van der Waals surface area contributed by atoms with E-state index in [9.17, 15) is 9.18 Å². The van der Waals surface area contributed by atoms with Crippen LogP contribution in [0.4, 0.5) is 20.6 Å². The molecule has 2 N–H and O–H groups in total. The van der Waals surface area contributed by atoms with Gasteiger partial charge in [-0.05, 0) is 37.0 Å². The van der Waals surface area contributed by atoms with Gasteiger partial charge < -0.3 is 15.4 Å². The van der Waals surface area contributed by atoms with Crippen molar-refractivity contribution in [3.8, 4) is 0 Å². The molecule has 0 spiro atoms. The molecule has 120 valence electrons. The van der Waals surface area contributed by atoms with Gasteiger partial charge in [-0.1, -0.05) is 6.92 Å². The van der Waals surface area contributed by atoms with Gasteiger partial charge in [0.1, 0.15) is 11.9 Å². The SMILES string of the molecule is CC1CCN(c2ccc(N3C[C@H](CN)OC3=O)cc2F)CC1. The quantitative estimate of drug-likeness (QED) is 0.931. The Kier molecular flexibility index (Phi) is 4.20. The Morgan fingerprint density at radius 1 is 1.36 bits per heavy atom. The molecule has 0 unspecified atom stereocenters. The second-order valence-electron chi connectivity index (χ2n) is 6.16. The topological polar surface area (TPSA) is 58.8 Å². The molecule has 0 saturated carbocycles. The Labute approximate surface area is 129 Å². The van der Waals surface area contributed by atoms with Gasteiger partial charge in [0.25, 0.3) is 0 Å². The summed E-state index contributed by atoms with van der Waals surface area (Å²) in [4.78, 5) is 15.3. The fourth-order valence-electron chi connectivity index (χ4n) is 3.02. The van der Waals surface area contributed by atoms with Crippen LogP contribution in [0, 0.1) is 11.7 Å². The van der Waals surface area contributed by atoms with E-state index in [4.69, 9.17) is 10.5 Å². The van der Waals surface area contributed by atoms with Crippen molar-refractivity contribution in [3.63, 3.8) is 0 Å². The molecule has 1 atom stereocenters. The number of nitrogens with zero attached hydrogens (tertiary/aromatic N) is 2. The maximum atomic E-state index is 14.4. The summed E-state index contributed by atoms with van der Waals surface area (Å²) in [5.41, 5.74) is 6.65. The molecule has 22 heavy (non-hydrogen) atoms. The van der Waals surface area contributed by atoms with Gasteiger partial charge >= 0.3 is 6.09 Å². The van der Waals surface area contributed by atoms with Gasteiger partial charge in [-0.2, -0.15) is 0 Å².